The van der Waals surface area contributed by atoms with Crippen molar-refractivity contribution in [2.24, 2.45) is 0 Å². The first-order valence-electron chi connectivity index (χ1n) is 7.87. The third-order valence-electron chi connectivity index (χ3n) is 3.21. The SMILES string of the molecule is O=C(COC(=O)CNC(=O)c1cccc(F)c1)Nc1ccc(OC(F)F)cc1. The number of carbonyl (C=O) groups excluding carboxylic acids is 3. The number of hydrogen-bond acceptors (Lipinski definition) is 5. The molecule has 0 aliphatic carbocycles. The molecule has 0 saturated carbocycles. The summed E-state index contributed by atoms with van der Waals surface area (Å²) in [6.07, 6.45) is 0. The second-order valence-corrected chi connectivity index (χ2v) is 5.30. The summed E-state index contributed by atoms with van der Waals surface area (Å²) >= 11 is 0. The molecule has 7 nitrogen and oxygen atoms in total. The van der Waals surface area contributed by atoms with Crippen molar-refractivity contribution in [1.82, 2.24) is 5.32 Å². The second-order valence-electron chi connectivity index (χ2n) is 5.30. The highest BCUT2D eigenvalue weighted by Crippen LogP contribution is 2.17. The molecule has 0 aromatic heterocycles. The summed E-state index contributed by atoms with van der Waals surface area (Å²) in [7, 11) is 0. The Labute approximate surface area is 157 Å². The molecule has 0 bridgehead atoms. The molecule has 2 amide bonds. The number of halogens is 3. The maximum Gasteiger partial charge on any atom is 0.387 e. The van der Waals surface area contributed by atoms with Crippen LogP contribution < -0.4 is 15.4 Å². The Kier molecular flexibility index (Phi) is 7.37. The van der Waals surface area contributed by atoms with Gasteiger partial charge in [-0.15, -0.1) is 0 Å². The molecule has 0 spiro atoms. The van der Waals surface area contributed by atoms with E-state index in [0.29, 0.717) is 0 Å². The van der Waals surface area contributed by atoms with Crippen molar-refractivity contribution >= 4 is 23.5 Å². The third-order valence-corrected chi connectivity index (χ3v) is 3.21. The van der Waals surface area contributed by atoms with Crippen LogP contribution in [-0.4, -0.2) is 37.5 Å². The largest absolute Gasteiger partial charge is 0.454 e. The van der Waals surface area contributed by atoms with E-state index in [2.05, 4.69) is 15.4 Å². The minimum atomic E-state index is -2.96. The van der Waals surface area contributed by atoms with Gasteiger partial charge in [0.05, 0.1) is 0 Å². The minimum absolute atomic E-state index is 0.0322. The number of carbonyl (C=O) groups is 3. The van der Waals surface area contributed by atoms with Crippen molar-refractivity contribution in [3.8, 4) is 5.75 Å². The molecule has 0 fully saturated rings. The topological polar surface area (TPSA) is 93.7 Å². The lowest BCUT2D eigenvalue weighted by Crippen LogP contribution is -2.32. The van der Waals surface area contributed by atoms with Gasteiger partial charge >= 0.3 is 12.6 Å². The number of amides is 2. The predicted octanol–water partition coefficient (Wildman–Crippen LogP) is 2.34. The van der Waals surface area contributed by atoms with Crippen LogP contribution in [0.15, 0.2) is 48.5 Å². The molecular weight excluding hydrogens is 381 g/mol. The van der Waals surface area contributed by atoms with Gasteiger partial charge in [-0.2, -0.15) is 8.78 Å². The minimum Gasteiger partial charge on any atom is -0.454 e. The lowest BCUT2D eigenvalue weighted by Gasteiger charge is -2.09. The van der Waals surface area contributed by atoms with E-state index in [-0.39, 0.29) is 17.0 Å². The quantitative estimate of drug-likeness (QED) is 0.668. The second kappa shape index (κ2) is 9.95. The summed E-state index contributed by atoms with van der Waals surface area (Å²) in [5, 5.41) is 4.62. The van der Waals surface area contributed by atoms with Crippen LogP contribution in [0.1, 0.15) is 10.4 Å². The van der Waals surface area contributed by atoms with E-state index in [4.69, 9.17) is 4.74 Å². The molecule has 2 aromatic rings. The first kappa shape index (κ1) is 20.7. The lowest BCUT2D eigenvalue weighted by molar-refractivity contribution is -0.146. The van der Waals surface area contributed by atoms with Gasteiger partial charge in [-0.25, -0.2) is 4.39 Å². The molecule has 0 aliphatic heterocycles. The van der Waals surface area contributed by atoms with E-state index >= 15 is 0 Å². The van der Waals surface area contributed by atoms with Crippen LogP contribution in [0.5, 0.6) is 5.75 Å². The predicted molar refractivity (Wildman–Crippen MR) is 91.4 cm³/mol. The monoisotopic (exact) mass is 396 g/mol. The highest BCUT2D eigenvalue weighted by molar-refractivity contribution is 5.96. The Morgan fingerprint density at radius 3 is 2.39 bits per heavy atom. The van der Waals surface area contributed by atoms with Gasteiger partial charge < -0.3 is 20.1 Å². The van der Waals surface area contributed by atoms with Crippen LogP contribution in [0, 0.1) is 5.82 Å². The maximum atomic E-state index is 13.0. The van der Waals surface area contributed by atoms with E-state index in [9.17, 15) is 27.6 Å². The van der Waals surface area contributed by atoms with Gasteiger partial charge in [0.1, 0.15) is 18.1 Å². The van der Waals surface area contributed by atoms with Crippen LogP contribution in [0.25, 0.3) is 0 Å². The maximum absolute atomic E-state index is 13.0. The van der Waals surface area contributed by atoms with Crippen LogP contribution in [0.4, 0.5) is 18.9 Å². The Morgan fingerprint density at radius 1 is 1.04 bits per heavy atom. The highest BCUT2D eigenvalue weighted by Gasteiger charge is 2.12. The molecule has 2 aromatic carbocycles. The van der Waals surface area contributed by atoms with Gasteiger partial charge in [0.2, 0.25) is 0 Å². The number of benzene rings is 2. The molecule has 148 valence electrons. The van der Waals surface area contributed by atoms with Crippen LogP contribution in [-0.2, 0) is 14.3 Å². The molecule has 0 saturated heterocycles. The molecule has 2 N–H and O–H groups in total. The fourth-order valence-corrected chi connectivity index (χ4v) is 2.00. The smallest absolute Gasteiger partial charge is 0.387 e. The summed E-state index contributed by atoms with van der Waals surface area (Å²) in [4.78, 5) is 35.0. The summed E-state index contributed by atoms with van der Waals surface area (Å²) in [6.45, 7) is -4.09. The number of rotatable bonds is 8. The first-order valence-corrected chi connectivity index (χ1v) is 7.87. The molecule has 0 atom stereocenters. The van der Waals surface area contributed by atoms with E-state index in [1.807, 2.05) is 0 Å². The Balaban J connectivity index is 1.71. The van der Waals surface area contributed by atoms with Gasteiger partial charge in [-0.1, -0.05) is 6.07 Å². The zero-order chi connectivity index (χ0) is 20.5. The number of hydrogen-bond donors (Lipinski definition) is 2. The standard InChI is InChI=1S/C18H15F3N2O5/c19-12-3-1-2-11(8-12)17(26)22-9-16(25)27-10-15(24)23-13-4-6-14(7-5-13)28-18(20)21/h1-8,18H,9-10H2,(H,22,26)(H,23,24). The van der Waals surface area contributed by atoms with E-state index < -0.39 is 43.4 Å². The first-order chi connectivity index (χ1) is 13.3. The van der Waals surface area contributed by atoms with Crippen molar-refractivity contribution < 1.29 is 37.0 Å². The highest BCUT2D eigenvalue weighted by atomic mass is 19.3. The molecule has 10 heteroatoms. The third kappa shape index (κ3) is 6.98. The van der Waals surface area contributed by atoms with Gasteiger partial charge in [0.25, 0.3) is 11.8 Å². The van der Waals surface area contributed by atoms with Gasteiger partial charge in [-0.3, -0.25) is 14.4 Å². The average Bonchev–Trinajstić information content (AvgIpc) is 2.65. The fraction of sp³-hybridized carbons (Fsp3) is 0.167. The Morgan fingerprint density at radius 2 is 1.75 bits per heavy atom. The van der Waals surface area contributed by atoms with Crippen molar-refractivity contribution in [1.29, 1.82) is 0 Å². The number of nitrogens with one attached hydrogen (secondary N) is 2. The summed E-state index contributed by atoms with van der Waals surface area (Å²) < 4.78 is 46.0. The Bertz CT molecular complexity index is 843. The number of ether oxygens (including phenoxy) is 2. The van der Waals surface area contributed by atoms with Crippen LogP contribution >= 0.6 is 0 Å². The molecule has 0 radical (unpaired) electrons. The number of alkyl halides is 2. The number of esters is 1. The zero-order valence-electron chi connectivity index (χ0n) is 14.3. The van der Waals surface area contributed by atoms with Crippen LogP contribution in [0.3, 0.4) is 0 Å². The lowest BCUT2D eigenvalue weighted by atomic mass is 10.2. The Hall–Kier alpha value is -3.56. The van der Waals surface area contributed by atoms with Gasteiger partial charge in [-0.05, 0) is 42.5 Å². The van der Waals surface area contributed by atoms with Crippen molar-refractivity contribution in [2.75, 3.05) is 18.5 Å². The molecule has 0 unspecified atom stereocenters. The molecule has 0 heterocycles. The van der Waals surface area contributed by atoms with Gasteiger partial charge in [0.15, 0.2) is 6.61 Å². The molecular formula is C18H15F3N2O5. The molecule has 0 aliphatic rings. The summed E-state index contributed by atoms with van der Waals surface area (Å²) in [5.74, 6) is -2.89. The molecule has 28 heavy (non-hydrogen) atoms. The normalized spacial score (nSPS) is 10.3. The van der Waals surface area contributed by atoms with Crippen molar-refractivity contribution in [2.45, 2.75) is 6.61 Å². The van der Waals surface area contributed by atoms with Crippen molar-refractivity contribution in [3.63, 3.8) is 0 Å². The van der Waals surface area contributed by atoms with E-state index in [1.54, 1.807) is 0 Å². The molecule has 2 rings (SSSR count). The average molecular weight is 396 g/mol. The zero-order valence-corrected chi connectivity index (χ0v) is 14.3. The van der Waals surface area contributed by atoms with Gasteiger partial charge in [0, 0.05) is 11.3 Å². The van der Waals surface area contributed by atoms with Crippen molar-refractivity contribution in [3.05, 3.63) is 59.9 Å². The van der Waals surface area contributed by atoms with E-state index in [1.165, 1.54) is 42.5 Å². The van der Waals surface area contributed by atoms with E-state index in [0.717, 1.165) is 6.07 Å². The number of anilines is 1. The fourth-order valence-electron chi connectivity index (χ4n) is 2.00. The van der Waals surface area contributed by atoms with Crippen LogP contribution in [0.2, 0.25) is 0 Å². The summed E-state index contributed by atoms with van der Waals surface area (Å²) in [5.41, 5.74) is 0.312. The summed E-state index contributed by atoms with van der Waals surface area (Å²) in [6, 6.07) is 10.0.